The van der Waals surface area contributed by atoms with Gasteiger partial charge in [0.2, 0.25) is 5.91 Å². The minimum absolute atomic E-state index is 0.0435. The Hall–Kier alpha value is -2.37. The van der Waals surface area contributed by atoms with Crippen LogP contribution in [0.1, 0.15) is 46.4 Å². The zero-order valence-corrected chi connectivity index (χ0v) is 21.0. The molecule has 10 heteroatoms. The quantitative estimate of drug-likeness (QED) is 0.425. The monoisotopic (exact) mass is 506 g/mol. The minimum Gasteiger partial charge on any atom is -0.377 e. The van der Waals surface area contributed by atoms with Gasteiger partial charge in [0.25, 0.3) is 11.8 Å². The third kappa shape index (κ3) is 9.25. The van der Waals surface area contributed by atoms with Crippen LogP contribution in [0.25, 0.3) is 0 Å². The SMILES string of the molecule is O=C(CCCCCN1C(=O)c2ccccc2C1=O)N1CCOCCOCCOCCOCCOCC1. The van der Waals surface area contributed by atoms with Gasteiger partial charge in [0.15, 0.2) is 0 Å². The van der Waals surface area contributed by atoms with Gasteiger partial charge in [0, 0.05) is 26.1 Å². The molecule has 0 N–H and O–H groups in total. The fourth-order valence-corrected chi connectivity index (χ4v) is 4.02. The third-order valence-electron chi connectivity index (χ3n) is 6.00. The van der Waals surface area contributed by atoms with Crippen LogP contribution in [-0.2, 0) is 28.5 Å². The Balaban J connectivity index is 1.36. The van der Waals surface area contributed by atoms with Crippen molar-refractivity contribution in [1.29, 1.82) is 0 Å². The molecule has 0 spiro atoms. The molecule has 0 saturated carbocycles. The molecule has 1 saturated heterocycles. The van der Waals surface area contributed by atoms with Gasteiger partial charge in [-0.25, -0.2) is 0 Å². The average Bonchev–Trinajstić information content (AvgIpc) is 3.13. The first-order valence-corrected chi connectivity index (χ1v) is 12.8. The van der Waals surface area contributed by atoms with Crippen LogP contribution in [0.15, 0.2) is 24.3 Å². The van der Waals surface area contributed by atoms with Gasteiger partial charge < -0.3 is 28.6 Å². The Labute approximate surface area is 212 Å². The van der Waals surface area contributed by atoms with Crippen molar-refractivity contribution in [2.24, 2.45) is 0 Å². The molecule has 2 aliphatic rings. The number of rotatable bonds is 6. The van der Waals surface area contributed by atoms with E-state index in [1.807, 2.05) is 0 Å². The number of hydrogen-bond donors (Lipinski definition) is 0. The van der Waals surface area contributed by atoms with Gasteiger partial charge in [-0.15, -0.1) is 0 Å². The molecule has 1 fully saturated rings. The fraction of sp³-hybridized carbons (Fsp3) is 0.654. The maximum absolute atomic E-state index is 12.8. The largest absolute Gasteiger partial charge is 0.377 e. The highest BCUT2D eigenvalue weighted by Gasteiger charge is 2.34. The van der Waals surface area contributed by atoms with Crippen molar-refractivity contribution in [3.8, 4) is 0 Å². The van der Waals surface area contributed by atoms with E-state index in [4.69, 9.17) is 23.7 Å². The number of carbonyl (C=O) groups excluding carboxylic acids is 3. The van der Waals surface area contributed by atoms with Crippen molar-refractivity contribution in [2.75, 3.05) is 85.7 Å². The Morgan fingerprint density at radius 3 is 1.56 bits per heavy atom. The lowest BCUT2D eigenvalue weighted by atomic mass is 10.1. The summed E-state index contributed by atoms with van der Waals surface area (Å²) in [6.45, 7) is 6.08. The van der Waals surface area contributed by atoms with Crippen molar-refractivity contribution in [3.05, 3.63) is 35.4 Å². The van der Waals surface area contributed by atoms with Gasteiger partial charge in [0.1, 0.15) is 0 Å². The van der Waals surface area contributed by atoms with E-state index in [1.54, 1.807) is 29.2 Å². The summed E-state index contributed by atoms with van der Waals surface area (Å²) in [7, 11) is 0. The number of carbonyl (C=O) groups is 3. The number of ether oxygens (including phenoxy) is 5. The highest BCUT2D eigenvalue weighted by Crippen LogP contribution is 2.22. The first-order valence-electron chi connectivity index (χ1n) is 12.8. The summed E-state index contributed by atoms with van der Waals surface area (Å²) in [6, 6.07) is 6.89. The van der Waals surface area contributed by atoms with E-state index in [0.717, 1.165) is 6.42 Å². The lowest BCUT2D eigenvalue weighted by Crippen LogP contribution is -2.37. The third-order valence-corrected chi connectivity index (χ3v) is 6.00. The topological polar surface area (TPSA) is 104 Å². The molecular weight excluding hydrogens is 468 g/mol. The van der Waals surface area contributed by atoms with Crippen molar-refractivity contribution < 1.29 is 38.1 Å². The first kappa shape index (κ1) is 28.2. The Kier molecular flexibility index (Phi) is 12.8. The van der Waals surface area contributed by atoms with E-state index in [1.165, 1.54) is 4.90 Å². The summed E-state index contributed by atoms with van der Waals surface area (Å²) >= 11 is 0. The van der Waals surface area contributed by atoms with Crippen LogP contribution < -0.4 is 0 Å². The van der Waals surface area contributed by atoms with Crippen LogP contribution in [0.2, 0.25) is 0 Å². The maximum Gasteiger partial charge on any atom is 0.261 e. The van der Waals surface area contributed by atoms with Crippen LogP contribution in [-0.4, -0.2) is 113 Å². The van der Waals surface area contributed by atoms with Gasteiger partial charge in [-0.1, -0.05) is 18.6 Å². The molecule has 1 aromatic carbocycles. The van der Waals surface area contributed by atoms with Crippen LogP contribution in [0.5, 0.6) is 0 Å². The predicted molar refractivity (Wildman–Crippen MR) is 131 cm³/mol. The predicted octanol–water partition coefficient (Wildman–Crippen LogP) is 1.77. The van der Waals surface area contributed by atoms with Crippen molar-refractivity contribution in [1.82, 2.24) is 9.80 Å². The second-order valence-corrected chi connectivity index (χ2v) is 8.56. The van der Waals surface area contributed by atoms with E-state index >= 15 is 0 Å². The minimum atomic E-state index is -0.237. The van der Waals surface area contributed by atoms with E-state index in [0.29, 0.717) is 116 Å². The first-order chi connectivity index (χ1) is 17.7. The van der Waals surface area contributed by atoms with Crippen molar-refractivity contribution in [2.45, 2.75) is 25.7 Å². The Morgan fingerprint density at radius 1 is 0.639 bits per heavy atom. The average molecular weight is 507 g/mol. The molecule has 200 valence electrons. The van der Waals surface area contributed by atoms with Gasteiger partial charge in [-0.2, -0.15) is 0 Å². The van der Waals surface area contributed by atoms with E-state index < -0.39 is 0 Å². The van der Waals surface area contributed by atoms with Gasteiger partial charge >= 0.3 is 0 Å². The molecule has 3 amide bonds. The van der Waals surface area contributed by atoms with E-state index in [-0.39, 0.29) is 17.7 Å². The molecule has 10 nitrogen and oxygen atoms in total. The number of unbranched alkanes of at least 4 members (excludes halogenated alkanes) is 2. The van der Waals surface area contributed by atoms with Gasteiger partial charge in [-0.05, 0) is 25.0 Å². The molecule has 0 aliphatic carbocycles. The summed E-state index contributed by atoms with van der Waals surface area (Å²) < 4.78 is 27.6. The number of nitrogens with zero attached hydrogens (tertiary/aromatic N) is 2. The number of fused-ring (bicyclic) bond motifs is 1. The highest BCUT2D eigenvalue weighted by molar-refractivity contribution is 6.21. The molecule has 3 rings (SSSR count). The number of benzene rings is 1. The molecule has 1 aromatic rings. The summed E-state index contributed by atoms with van der Waals surface area (Å²) in [4.78, 5) is 40.8. The molecule has 2 aliphatic heterocycles. The summed E-state index contributed by atoms with van der Waals surface area (Å²) in [6.07, 6.45) is 2.49. The molecule has 0 unspecified atom stereocenters. The second-order valence-electron chi connectivity index (χ2n) is 8.56. The van der Waals surface area contributed by atoms with Crippen LogP contribution in [0.4, 0.5) is 0 Å². The van der Waals surface area contributed by atoms with Crippen LogP contribution in [0, 0.1) is 0 Å². The summed E-state index contributed by atoms with van der Waals surface area (Å²) in [5.41, 5.74) is 0.932. The molecular formula is C26H38N2O8. The van der Waals surface area contributed by atoms with Gasteiger partial charge in [-0.3, -0.25) is 19.3 Å². The van der Waals surface area contributed by atoms with Crippen molar-refractivity contribution in [3.63, 3.8) is 0 Å². The normalized spacial score (nSPS) is 19.6. The number of hydrogen-bond acceptors (Lipinski definition) is 8. The van der Waals surface area contributed by atoms with Crippen LogP contribution >= 0.6 is 0 Å². The standard InChI is InChI=1S/C26H38N2O8/c29-24(8-2-1-5-9-28-25(30)22-6-3-4-7-23(22)26(28)31)27-10-12-32-14-16-34-18-20-36-21-19-35-17-15-33-13-11-27/h3-4,6-7H,1-2,5,8-21H2. The number of imide groups is 1. The molecule has 0 radical (unpaired) electrons. The fourth-order valence-electron chi connectivity index (χ4n) is 4.02. The molecule has 2 heterocycles. The zero-order valence-electron chi connectivity index (χ0n) is 21.0. The second kappa shape index (κ2) is 16.4. The maximum atomic E-state index is 12.8. The Bertz CT molecular complexity index is 781. The lowest BCUT2D eigenvalue weighted by molar-refractivity contribution is -0.133. The molecule has 0 atom stereocenters. The Morgan fingerprint density at radius 2 is 1.08 bits per heavy atom. The summed E-state index contributed by atoms with van der Waals surface area (Å²) in [5.74, 6) is -0.430. The molecule has 0 aromatic heterocycles. The zero-order chi connectivity index (χ0) is 25.4. The molecule has 36 heavy (non-hydrogen) atoms. The van der Waals surface area contributed by atoms with E-state index in [9.17, 15) is 14.4 Å². The van der Waals surface area contributed by atoms with Crippen molar-refractivity contribution >= 4 is 17.7 Å². The van der Waals surface area contributed by atoms with E-state index in [2.05, 4.69) is 0 Å². The number of amides is 3. The smallest absolute Gasteiger partial charge is 0.261 e. The summed E-state index contributed by atoms with van der Waals surface area (Å²) in [5, 5.41) is 0. The van der Waals surface area contributed by atoms with Crippen LogP contribution in [0.3, 0.4) is 0 Å². The van der Waals surface area contributed by atoms with Gasteiger partial charge in [0.05, 0.1) is 77.2 Å². The molecule has 0 bridgehead atoms. The highest BCUT2D eigenvalue weighted by atomic mass is 16.6. The lowest BCUT2D eigenvalue weighted by Gasteiger charge is -2.23.